The highest BCUT2D eigenvalue weighted by molar-refractivity contribution is 6.13. The zero-order valence-corrected chi connectivity index (χ0v) is 41.2. The van der Waals surface area contributed by atoms with Crippen LogP contribution < -0.4 is 9.80 Å². The smallest absolute Gasteiger partial charge is 0.200 e. The van der Waals surface area contributed by atoms with Gasteiger partial charge in [-0.05, 0) is 132 Å². The SMILES string of the molecule is [C-]#[N+]c1cccc(-c2cc(-c3ccc(-c4cc([N+]#[C-])c(-n5c6ccc(N(c7ccccc7)c7ccccc7)cc6c6cc(N(c7ccccc7)c7ccccc7)ccc65)c([N+]#[C-])c4)cc3)nc(-c3cccc([N+]#[C-])c3)n2)c1. The number of para-hydroxylation sites is 4. The standard InChI is InChI=1S/C68H41N9/c1-69-51-21-17-19-48(39-51)62-45-61(73-68(74-62)49-20-18-22-52(40-49)70-2)47-33-31-46(32-34-47)50-41-63(71-3)67(64(42-50)72-4)77-65-37-35-57(75(53-23-9-5-10-24-53)54-25-11-6-12-26-54)43-59(65)60-44-58(36-38-66(60)77)76(55-27-13-7-14-28-55)56-29-15-8-16-30-56/h5-45H. The highest BCUT2D eigenvalue weighted by Crippen LogP contribution is 2.47. The van der Waals surface area contributed by atoms with E-state index in [0.717, 1.165) is 78.2 Å². The van der Waals surface area contributed by atoms with Crippen LogP contribution in [0.3, 0.4) is 0 Å². The molecule has 0 atom stereocenters. The van der Waals surface area contributed by atoms with Crippen molar-refractivity contribution in [2.75, 3.05) is 9.80 Å². The van der Waals surface area contributed by atoms with Gasteiger partial charge in [-0.1, -0.05) is 133 Å². The largest absolute Gasteiger partial charge is 0.329 e. The maximum Gasteiger partial charge on any atom is 0.200 e. The lowest BCUT2D eigenvalue weighted by Crippen LogP contribution is -2.09. The number of anilines is 6. The molecule has 0 aliphatic carbocycles. The number of rotatable bonds is 11. The molecule has 0 aliphatic heterocycles. The molecule has 0 saturated carbocycles. The molecule has 0 radical (unpaired) electrons. The summed E-state index contributed by atoms with van der Waals surface area (Å²) in [4.78, 5) is 30.0. The van der Waals surface area contributed by atoms with Crippen LogP contribution in [0, 0.1) is 26.3 Å². The zero-order valence-electron chi connectivity index (χ0n) is 41.2. The predicted octanol–water partition coefficient (Wildman–Crippen LogP) is 19.4. The fourth-order valence-corrected chi connectivity index (χ4v) is 10.0. The van der Waals surface area contributed by atoms with Crippen molar-refractivity contribution >= 4 is 78.7 Å². The number of hydrogen-bond acceptors (Lipinski definition) is 4. The molecule has 12 rings (SSSR count). The zero-order chi connectivity index (χ0) is 52.2. The lowest BCUT2D eigenvalue weighted by atomic mass is 10.00. The number of aromatic nitrogens is 3. The molecule has 0 N–H and O–H groups in total. The molecule has 358 valence electrons. The fourth-order valence-electron chi connectivity index (χ4n) is 10.0. The minimum absolute atomic E-state index is 0.336. The molecule has 0 spiro atoms. The number of benzene rings is 10. The Morgan fingerprint density at radius 2 is 0.727 bits per heavy atom. The van der Waals surface area contributed by atoms with Crippen molar-refractivity contribution in [3.8, 4) is 50.7 Å². The van der Waals surface area contributed by atoms with Gasteiger partial charge in [-0.25, -0.2) is 29.3 Å². The van der Waals surface area contributed by atoms with Crippen molar-refractivity contribution in [3.05, 3.63) is 294 Å². The number of nitrogens with zero attached hydrogens (tertiary/aromatic N) is 9. The highest BCUT2D eigenvalue weighted by Gasteiger charge is 2.24. The van der Waals surface area contributed by atoms with Crippen molar-refractivity contribution < 1.29 is 0 Å². The van der Waals surface area contributed by atoms with Crippen LogP contribution in [0.1, 0.15) is 0 Å². The molecule has 9 heteroatoms. The third kappa shape index (κ3) is 8.92. The minimum atomic E-state index is 0.336. The Bertz CT molecular complexity index is 4040. The van der Waals surface area contributed by atoms with Crippen LogP contribution in [-0.2, 0) is 0 Å². The maximum absolute atomic E-state index is 8.72. The first kappa shape index (κ1) is 46.7. The van der Waals surface area contributed by atoms with Crippen LogP contribution in [0.2, 0.25) is 0 Å². The quantitative estimate of drug-likeness (QED) is 0.121. The van der Waals surface area contributed by atoms with Gasteiger partial charge in [0.05, 0.1) is 54.4 Å². The molecule has 0 amide bonds. The Balaban J connectivity index is 1.01. The molecule has 10 aromatic carbocycles. The molecular weight excluding hydrogens is 943 g/mol. The average molecular weight is 984 g/mol. The third-order valence-electron chi connectivity index (χ3n) is 13.6. The molecule has 12 aromatic rings. The molecule has 0 bridgehead atoms. The first-order valence-corrected chi connectivity index (χ1v) is 24.8. The summed E-state index contributed by atoms with van der Waals surface area (Å²) < 4.78 is 2.09. The molecule has 0 saturated heterocycles. The number of hydrogen-bond donors (Lipinski definition) is 0. The van der Waals surface area contributed by atoms with Crippen LogP contribution in [0.4, 0.5) is 56.9 Å². The monoisotopic (exact) mass is 983 g/mol. The van der Waals surface area contributed by atoms with E-state index in [1.54, 1.807) is 24.3 Å². The summed E-state index contributed by atoms with van der Waals surface area (Å²) in [5.41, 5.74) is 14.9. The normalized spacial score (nSPS) is 10.8. The topological polar surface area (TPSA) is 54.6 Å². The van der Waals surface area contributed by atoms with Gasteiger partial charge in [0, 0.05) is 56.0 Å². The van der Waals surface area contributed by atoms with Gasteiger partial charge in [0.25, 0.3) is 0 Å². The van der Waals surface area contributed by atoms with E-state index in [4.69, 9.17) is 36.3 Å². The van der Waals surface area contributed by atoms with Gasteiger partial charge in [0.1, 0.15) is 0 Å². The second-order valence-electron chi connectivity index (χ2n) is 18.2. The summed E-state index contributed by atoms with van der Waals surface area (Å²) in [6.07, 6.45) is 0. The van der Waals surface area contributed by atoms with Gasteiger partial charge in [-0.2, -0.15) is 0 Å². The van der Waals surface area contributed by atoms with E-state index in [0.29, 0.717) is 51.2 Å². The van der Waals surface area contributed by atoms with E-state index >= 15 is 0 Å². The van der Waals surface area contributed by atoms with E-state index in [1.807, 2.05) is 140 Å². The summed E-state index contributed by atoms with van der Waals surface area (Å²) >= 11 is 0. The summed E-state index contributed by atoms with van der Waals surface area (Å²) in [6, 6.07) is 82.3. The van der Waals surface area contributed by atoms with Crippen LogP contribution in [-0.4, -0.2) is 14.5 Å². The lowest BCUT2D eigenvalue weighted by Gasteiger charge is -2.26. The highest BCUT2D eigenvalue weighted by atomic mass is 15.2. The van der Waals surface area contributed by atoms with Crippen molar-refractivity contribution in [2.24, 2.45) is 0 Å². The summed E-state index contributed by atoms with van der Waals surface area (Å²) in [7, 11) is 0. The van der Waals surface area contributed by atoms with E-state index in [9.17, 15) is 0 Å². The average Bonchev–Trinajstić information content (AvgIpc) is 3.89. The van der Waals surface area contributed by atoms with Gasteiger partial charge in [-0.3, -0.25) is 0 Å². The molecule has 2 aromatic heterocycles. The van der Waals surface area contributed by atoms with Crippen LogP contribution in [0.15, 0.2) is 249 Å². The summed E-state index contributed by atoms with van der Waals surface area (Å²) in [6.45, 7) is 32.7. The van der Waals surface area contributed by atoms with E-state index in [-0.39, 0.29) is 0 Å². The Labute approximate surface area is 446 Å². The Hall–Kier alpha value is -11.4. The van der Waals surface area contributed by atoms with E-state index in [1.165, 1.54) is 0 Å². The first-order chi connectivity index (χ1) is 38.0. The Morgan fingerprint density at radius 3 is 1.17 bits per heavy atom. The first-order valence-electron chi connectivity index (χ1n) is 24.8. The molecule has 0 unspecified atom stereocenters. The molecule has 9 nitrogen and oxygen atoms in total. The van der Waals surface area contributed by atoms with Crippen molar-refractivity contribution in [2.45, 2.75) is 0 Å². The predicted molar refractivity (Wildman–Crippen MR) is 313 cm³/mol. The van der Waals surface area contributed by atoms with Gasteiger partial charge in [-0.15, -0.1) is 0 Å². The van der Waals surface area contributed by atoms with Crippen molar-refractivity contribution in [1.29, 1.82) is 0 Å². The van der Waals surface area contributed by atoms with E-state index in [2.05, 4.69) is 119 Å². The van der Waals surface area contributed by atoms with Crippen molar-refractivity contribution in [1.82, 2.24) is 14.5 Å². The molecule has 2 heterocycles. The minimum Gasteiger partial charge on any atom is -0.329 e. The van der Waals surface area contributed by atoms with Crippen molar-refractivity contribution in [3.63, 3.8) is 0 Å². The molecular formula is C68H41N9. The molecule has 77 heavy (non-hydrogen) atoms. The van der Waals surface area contributed by atoms with E-state index < -0.39 is 0 Å². The van der Waals surface area contributed by atoms with Gasteiger partial charge in [0.15, 0.2) is 17.2 Å². The van der Waals surface area contributed by atoms with Gasteiger partial charge < -0.3 is 14.4 Å². The maximum atomic E-state index is 8.72. The molecule has 0 aliphatic rings. The van der Waals surface area contributed by atoms with Crippen LogP contribution in [0.5, 0.6) is 0 Å². The van der Waals surface area contributed by atoms with Gasteiger partial charge >= 0.3 is 0 Å². The van der Waals surface area contributed by atoms with Crippen LogP contribution >= 0.6 is 0 Å². The second-order valence-corrected chi connectivity index (χ2v) is 18.2. The Morgan fingerprint density at radius 1 is 0.312 bits per heavy atom. The lowest BCUT2D eigenvalue weighted by molar-refractivity contribution is 1.18. The summed E-state index contributed by atoms with van der Waals surface area (Å²) in [5, 5.41) is 1.91. The van der Waals surface area contributed by atoms with Crippen LogP contribution in [0.25, 0.3) is 91.9 Å². The fraction of sp³-hybridized carbons (Fsp3) is 0. The Kier molecular flexibility index (Phi) is 12.3. The van der Waals surface area contributed by atoms with Gasteiger partial charge in [0.2, 0.25) is 11.4 Å². The second kappa shape index (κ2) is 20.3. The third-order valence-corrected chi connectivity index (χ3v) is 13.6. The molecule has 0 fully saturated rings. The number of fused-ring (bicyclic) bond motifs is 3. The summed E-state index contributed by atoms with van der Waals surface area (Å²) in [5.74, 6) is 0.450.